The molecule has 2 heteroatoms. The van der Waals surface area contributed by atoms with Gasteiger partial charge in [-0.3, -0.25) is 0 Å². The van der Waals surface area contributed by atoms with Crippen LogP contribution in [-0.4, -0.2) is 37.1 Å². The first kappa shape index (κ1) is 12.4. The third-order valence-electron chi connectivity index (χ3n) is 4.67. The highest BCUT2D eigenvalue weighted by atomic mass is 15.2. The summed E-state index contributed by atoms with van der Waals surface area (Å²) in [4.78, 5) is 2.74. The van der Waals surface area contributed by atoms with Gasteiger partial charge in [0.25, 0.3) is 0 Å². The molecule has 2 saturated heterocycles. The van der Waals surface area contributed by atoms with Crippen LogP contribution in [0.4, 0.5) is 0 Å². The van der Waals surface area contributed by atoms with E-state index in [0.29, 0.717) is 5.41 Å². The largest absolute Gasteiger partial charge is 0.317 e. The minimum Gasteiger partial charge on any atom is -0.317 e. The minimum absolute atomic E-state index is 0.570. The van der Waals surface area contributed by atoms with E-state index in [4.69, 9.17) is 0 Å². The molecule has 0 bridgehead atoms. The van der Waals surface area contributed by atoms with Crippen molar-refractivity contribution in [2.24, 2.45) is 11.3 Å². The van der Waals surface area contributed by atoms with E-state index in [1.54, 1.807) is 0 Å². The van der Waals surface area contributed by atoms with Crippen LogP contribution in [0, 0.1) is 11.3 Å². The maximum absolute atomic E-state index is 3.48. The fourth-order valence-corrected chi connectivity index (χ4v) is 3.37. The Labute approximate surface area is 101 Å². The Hall–Kier alpha value is -0.0800. The monoisotopic (exact) mass is 224 g/mol. The quantitative estimate of drug-likeness (QED) is 0.775. The Morgan fingerprint density at radius 2 is 1.94 bits per heavy atom. The first-order valence-corrected chi connectivity index (χ1v) is 7.04. The number of nitrogens with zero attached hydrogens (tertiary/aromatic N) is 1. The fourth-order valence-electron chi connectivity index (χ4n) is 3.37. The molecule has 0 aromatic carbocycles. The zero-order valence-electron chi connectivity index (χ0n) is 11.3. The van der Waals surface area contributed by atoms with Crippen molar-refractivity contribution in [3.8, 4) is 0 Å². The van der Waals surface area contributed by atoms with Gasteiger partial charge in [-0.1, -0.05) is 13.8 Å². The summed E-state index contributed by atoms with van der Waals surface area (Å²) in [5, 5.41) is 3.48. The molecular weight excluding hydrogens is 196 g/mol. The van der Waals surface area contributed by atoms with Crippen LogP contribution in [0.2, 0.25) is 0 Å². The Morgan fingerprint density at radius 3 is 2.56 bits per heavy atom. The summed E-state index contributed by atoms with van der Waals surface area (Å²) < 4.78 is 0. The maximum atomic E-state index is 3.48. The maximum Gasteiger partial charge on any atom is 0.00697 e. The Kier molecular flexibility index (Phi) is 3.91. The third-order valence-corrected chi connectivity index (χ3v) is 4.67. The van der Waals surface area contributed by atoms with Crippen LogP contribution in [0.5, 0.6) is 0 Å². The molecule has 0 saturated carbocycles. The normalized spacial score (nSPS) is 36.2. The van der Waals surface area contributed by atoms with E-state index in [-0.39, 0.29) is 0 Å². The van der Waals surface area contributed by atoms with Crippen molar-refractivity contribution >= 4 is 0 Å². The molecule has 0 aliphatic carbocycles. The molecule has 2 heterocycles. The standard InChI is InChI=1S/C14H28N2/c1-12-4-9-16(13(2)10-12)11-14(3)5-7-15-8-6-14/h12-13,15H,4-11H2,1-3H3. The van der Waals surface area contributed by atoms with Gasteiger partial charge in [0.2, 0.25) is 0 Å². The van der Waals surface area contributed by atoms with Crippen molar-refractivity contribution in [2.75, 3.05) is 26.2 Å². The summed E-state index contributed by atoms with van der Waals surface area (Å²) in [5.74, 6) is 0.937. The highest BCUT2D eigenvalue weighted by molar-refractivity contribution is 4.87. The second kappa shape index (κ2) is 5.05. The van der Waals surface area contributed by atoms with Gasteiger partial charge in [-0.2, -0.15) is 0 Å². The van der Waals surface area contributed by atoms with E-state index in [2.05, 4.69) is 31.0 Å². The Balaban J connectivity index is 1.88. The third kappa shape index (κ3) is 2.98. The Bertz CT molecular complexity index is 221. The number of hydrogen-bond donors (Lipinski definition) is 1. The van der Waals surface area contributed by atoms with E-state index in [9.17, 15) is 0 Å². The summed E-state index contributed by atoms with van der Waals surface area (Å²) >= 11 is 0. The van der Waals surface area contributed by atoms with Gasteiger partial charge in [-0.25, -0.2) is 0 Å². The van der Waals surface area contributed by atoms with Gasteiger partial charge < -0.3 is 10.2 Å². The van der Waals surface area contributed by atoms with Gasteiger partial charge >= 0.3 is 0 Å². The van der Waals surface area contributed by atoms with E-state index >= 15 is 0 Å². The van der Waals surface area contributed by atoms with Crippen LogP contribution in [0.1, 0.15) is 46.5 Å². The molecule has 0 aromatic heterocycles. The summed E-state index contributed by atoms with van der Waals surface area (Å²) in [6, 6.07) is 0.801. The smallest absolute Gasteiger partial charge is 0.00697 e. The fraction of sp³-hybridized carbons (Fsp3) is 1.00. The lowest BCUT2D eigenvalue weighted by Crippen LogP contribution is -2.48. The molecule has 16 heavy (non-hydrogen) atoms. The molecule has 1 N–H and O–H groups in total. The van der Waals surface area contributed by atoms with Crippen LogP contribution < -0.4 is 5.32 Å². The summed E-state index contributed by atoms with van der Waals surface area (Å²) in [6.07, 6.45) is 5.50. The summed E-state index contributed by atoms with van der Waals surface area (Å²) in [6.45, 7) is 12.4. The number of nitrogens with one attached hydrogen (secondary N) is 1. The van der Waals surface area contributed by atoms with Gasteiger partial charge in [0, 0.05) is 12.6 Å². The predicted octanol–water partition coefficient (Wildman–Crippen LogP) is 2.50. The lowest BCUT2D eigenvalue weighted by atomic mass is 9.79. The number of piperidine rings is 2. The second-order valence-corrected chi connectivity index (χ2v) is 6.51. The molecule has 2 rings (SSSR count). The second-order valence-electron chi connectivity index (χ2n) is 6.51. The molecule has 94 valence electrons. The zero-order chi connectivity index (χ0) is 11.6. The van der Waals surface area contributed by atoms with Gasteiger partial charge in [0.05, 0.1) is 0 Å². The summed E-state index contributed by atoms with van der Waals surface area (Å²) in [7, 11) is 0. The topological polar surface area (TPSA) is 15.3 Å². The Morgan fingerprint density at radius 1 is 1.25 bits per heavy atom. The van der Waals surface area contributed by atoms with Gasteiger partial charge in [0.15, 0.2) is 0 Å². The zero-order valence-corrected chi connectivity index (χ0v) is 11.3. The molecule has 2 nitrogen and oxygen atoms in total. The van der Waals surface area contributed by atoms with Crippen molar-refractivity contribution in [1.29, 1.82) is 0 Å². The van der Waals surface area contributed by atoms with Crippen molar-refractivity contribution in [2.45, 2.75) is 52.5 Å². The van der Waals surface area contributed by atoms with Crippen molar-refractivity contribution in [1.82, 2.24) is 10.2 Å². The average molecular weight is 224 g/mol. The van der Waals surface area contributed by atoms with Crippen LogP contribution in [0.25, 0.3) is 0 Å². The number of hydrogen-bond acceptors (Lipinski definition) is 2. The molecule has 2 aliphatic heterocycles. The lowest BCUT2D eigenvalue weighted by Gasteiger charge is -2.44. The van der Waals surface area contributed by atoms with Crippen LogP contribution in [0.3, 0.4) is 0 Å². The first-order chi connectivity index (χ1) is 7.59. The van der Waals surface area contributed by atoms with Crippen molar-refractivity contribution in [3.63, 3.8) is 0 Å². The summed E-state index contributed by atoms with van der Waals surface area (Å²) in [5.41, 5.74) is 0.570. The molecule has 0 amide bonds. The molecule has 0 radical (unpaired) electrons. The van der Waals surface area contributed by atoms with Gasteiger partial charge in [-0.05, 0) is 63.6 Å². The van der Waals surface area contributed by atoms with Crippen LogP contribution in [-0.2, 0) is 0 Å². The van der Waals surface area contributed by atoms with Crippen LogP contribution >= 0.6 is 0 Å². The number of likely N-dealkylation sites (tertiary alicyclic amines) is 1. The van der Waals surface area contributed by atoms with E-state index in [1.165, 1.54) is 51.9 Å². The molecule has 0 aromatic rings. The minimum atomic E-state index is 0.570. The molecule has 2 aliphatic rings. The van der Waals surface area contributed by atoms with E-state index in [0.717, 1.165) is 12.0 Å². The molecule has 2 atom stereocenters. The molecular formula is C14H28N2. The first-order valence-electron chi connectivity index (χ1n) is 7.04. The highest BCUT2D eigenvalue weighted by Gasteiger charge is 2.32. The van der Waals surface area contributed by atoms with Crippen molar-refractivity contribution in [3.05, 3.63) is 0 Å². The lowest BCUT2D eigenvalue weighted by molar-refractivity contribution is 0.0622. The van der Waals surface area contributed by atoms with E-state index in [1.807, 2.05) is 0 Å². The van der Waals surface area contributed by atoms with E-state index < -0.39 is 0 Å². The molecule has 0 spiro atoms. The van der Waals surface area contributed by atoms with Gasteiger partial charge in [-0.15, -0.1) is 0 Å². The average Bonchev–Trinajstić information content (AvgIpc) is 2.23. The SMILES string of the molecule is CC1CCN(CC2(C)CCNCC2)C(C)C1. The molecule has 2 unspecified atom stereocenters. The van der Waals surface area contributed by atoms with Crippen LogP contribution in [0.15, 0.2) is 0 Å². The number of rotatable bonds is 2. The highest BCUT2D eigenvalue weighted by Crippen LogP contribution is 2.32. The van der Waals surface area contributed by atoms with Crippen molar-refractivity contribution < 1.29 is 0 Å². The molecule has 2 fully saturated rings. The van der Waals surface area contributed by atoms with Gasteiger partial charge in [0.1, 0.15) is 0 Å². The predicted molar refractivity (Wildman–Crippen MR) is 69.6 cm³/mol.